The highest BCUT2D eigenvalue weighted by Crippen LogP contribution is 2.24. The number of carbonyl (C=O) groups is 1. The summed E-state index contributed by atoms with van der Waals surface area (Å²) in [6.07, 6.45) is 1.65. The van der Waals surface area contributed by atoms with Gasteiger partial charge in [-0.25, -0.2) is 4.98 Å². The predicted octanol–water partition coefficient (Wildman–Crippen LogP) is 4.54. The molecule has 0 unspecified atom stereocenters. The van der Waals surface area contributed by atoms with Gasteiger partial charge in [-0.05, 0) is 48.5 Å². The number of carbonyl (C=O) groups excluding carboxylic acids is 1. The Labute approximate surface area is 161 Å². The molecular weight excluding hydrogens is 354 g/mol. The fourth-order valence-electron chi connectivity index (χ4n) is 2.82. The summed E-state index contributed by atoms with van der Waals surface area (Å²) in [6.45, 7) is 2.01. The van der Waals surface area contributed by atoms with Crippen LogP contribution in [-0.4, -0.2) is 15.9 Å². The fraction of sp³-hybridized carbons (Fsp3) is 0.0952. The van der Waals surface area contributed by atoms with E-state index < -0.39 is 0 Å². The normalized spacial score (nSPS) is 10.6. The summed E-state index contributed by atoms with van der Waals surface area (Å²) in [5, 5.41) is 10.2. The van der Waals surface area contributed by atoms with Crippen molar-refractivity contribution < 1.29 is 9.21 Å². The van der Waals surface area contributed by atoms with Crippen LogP contribution in [0.5, 0.6) is 0 Å². The number of fused-ring (bicyclic) bond motifs is 1. The number of anilines is 4. The van der Waals surface area contributed by atoms with Crippen molar-refractivity contribution in [1.82, 2.24) is 9.97 Å². The molecule has 28 heavy (non-hydrogen) atoms. The van der Waals surface area contributed by atoms with Gasteiger partial charge in [0.2, 0.25) is 11.9 Å². The molecule has 2 heterocycles. The molecule has 140 valence electrons. The quantitative estimate of drug-likeness (QED) is 0.460. The second-order valence-corrected chi connectivity index (χ2v) is 6.23. The van der Waals surface area contributed by atoms with E-state index in [0.29, 0.717) is 12.5 Å². The highest BCUT2D eigenvalue weighted by molar-refractivity contribution is 5.90. The Morgan fingerprint density at radius 2 is 1.75 bits per heavy atom. The number of aromatic nitrogens is 2. The Kier molecular flexibility index (Phi) is 4.88. The van der Waals surface area contributed by atoms with E-state index in [0.717, 1.165) is 33.9 Å². The van der Waals surface area contributed by atoms with Gasteiger partial charge in [0, 0.05) is 23.7 Å². The van der Waals surface area contributed by atoms with Crippen LogP contribution in [0, 0.1) is 0 Å². The molecule has 0 aliphatic rings. The Morgan fingerprint density at radius 1 is 0.964 bits per heavy atom. The molecule has 0 atom stereocenters. The maximum absolute atomic E-state index is 11.1. The van der Waals surface area contributed by atoms with Crippen molar-refractivity contribution in [3.8, 4) is 0 Å². The number of nitrogens with zero attached hydrogens (tertiary/aromatic N) is 2. The molecule has 0 radical (unpaired) electrons. The molecular formula is C21H19N5O2. The van der Waals surface area contributed by atoms with Gasteiger partial charge in [0.15, 0.2) is 0 Å². The van der Waals surface area contributed by atoms with Crippen LogP contribution < -0.4 is 16.0 Å². The van der Waals surface area contributed by atoms with Crippen molar-refractivity contribution in [2.75, 3.05) is 16.0 Å². The smallest absolute Gasteiger partial charge is 0.229 e. The molecule has 2 aromatic carbocycles. The Hall–Kier alpha value is -3.87. The van der Waals surface area contributed by atoms with Crippen LogP contribution in [0.15, 0.2) is 71.3 Å². The van der Waals surface area contributed by atoms with Gasteiger partial charge in [0.1, 0.15) is 11.6 Å². The topological polar surface area (TPSA) is 92.1 Å². The van der Waals surface area contributed by atoms with Crippen molar-refractivity contribution in [3.05, 3.63) is 72.7 Å². The minimum absolute atomic E-state index is 0.106. The van der Waals surface area contributed by atoms with Crippen LogP contribution in [0.25, 0.3) is 10.9 Å². The summed E-state index contributed by atoms with van der Waals surface area (Å²) < 4.78 is 5.38. The van der Waals surface area contributed by atoms with E-state index in [-0.39, 0.29) is 5.91 Å². The van der Waals surface area contributed by atoms with Gasteiger partial charge in [-0.3, -0.25) is 4.79 Å². The number of furan rings is 1. The van der Waals surface area contributed by atoms with Gasteiger partial charge in [-0.15, -0.1) is 0 Å². The van der Waals surface area contributed by atoms with Crippen molar-refractivity contribution in [1.29, 1.82) is 0 Å². The Balaban J connectivity index is 1.59. The molecule has 0 spiro atoms. The minimum Gasteiger partial charge on any atom is -0.467 e. The van der Waals surface area contributed by atoms with E-state index in [4.69, 9.17) is 4.42 Å². The highest BCUT2D eigenvalue weighted by atomic mass is 16.3. The van der Waals surface area contributed by atoms with Crippen LogP contribution in [0.4, 0.5) is 23.1 Å². The van der Waals surface area contributed by atoms with Gasteiger partial charge in [-0.1, -0.05) is 12.1 Å². The second kappa shape index (κ2) is 7.79. The molecule has 2 aromatic heterocycles. The summed E-state index contributed by atoms with van der Waals surface area (Å²) >= 11 is 0. The number of hydrogen-bond donors (Lipinski definition) is 3. The van der Waals surface area contributed by atoms with Crippen LogP contribution in [0.1, 0.15) is 12.7 Å². The van der Waals surface area contributed by atoms with E-state index in [1.807, 2.05) is 60.7 Å². The first-order chi connectivity index (χ1) is 13.7. The third-order valence-electron chi connectivity index (χ3n) is 4.07. The largest absolute Gasteiger partial charge is 0.467 e. The molecule has 4 rings (SSSR count). The molecule has 0 saturated carbocycles. The minimum atomic E-state index is -0.106. The summed E-state index contributed by atoms with van der Waals surface area (Å²) in [5.74, 6) is 1.92. The van der Waals surface area contributed by atoms with Crippen LogP contribution in [-0.2, 0) is 11.3 Å². The SMILES string of the molecule is CC(=O)Nc1ccc(Nc2nc(NCc3ccco3)c3ccccc3n2)cc1. The van der Waals surface area contributed by atoms with Crippen LogP contribution in [0.3, 0.4) is 0 Å². The first-order valence-electron chi connectivity index (χ1n) is 8.85. The Morgan fingerprint density at radius 3 is 2.50 bits per heavy atom. The first kappa shape index (κ1) is 17.5. The van der Waals surface area contributed by atoms with E-state index >= 15 is 0 Å². The van der Waals surface area contributed by atoms with E-state index in [1.165, 1.54) is 6.92 Å². The lowest BCUT2D eigenvalue weighted by atomic mass is 10.2. The lowest BCUT2D eigenvalue weighted by molar-refractivity contribution is -0.114. The molecule has 4 aromatic rings. The van der Waals surface area contributed by atoms with Crippen molar-refractivity contribution >= 4 is 40.0 Å². The Bertz CT molecular complexity index is 1090. The predicted molar refractivity (Wildman–Crippen MR) is 110 cm³/mol. The average Bonchev–Trinajstić information content (AvgIpc) is 3.21. The molecule has 7 nitrogen and oxygen atoms in total. The lowest BCUT2D eigenvalue weighted by Crippen LogP contribution is -2.06. The number of amides is 1. The van der Waals surface area contributed by atoms with Crippen molar-refractivity contribution in [3.63, 3.8) is 0 Å². The lowest BCUT2D eigenvalue weighted by Gasteiger charge is -2.11. The maximum Gasteiger partial charge on any atom is 0.229 e. The number of nitrogens with one attached hydrogen (secondary N) is 3. The zero-order valence-electron chi connectivity index (χ0n) is 15.3. The fourth-order valence-corrected chi connectivity index (χ4v) is 2.82. The number of benzene rings is 2. The standard InChI is InChI=1S/C21H19N5O2/c1-14(27)23-15-8-10-16(11-9-15)24-21-25-19-7-3-2-6-18(19)20(26-21)22-13-17-5-4-12-28-17/h2-12H,13H2,1H3,(H,23,27)(H2,22,24,25,26). The molecule has 1 amide bonds. The van der Waals surface area contributed by atoms with Gasteiger partial charge in [-0.2, -0.15) is 4.98 Å². The van der Waals surface area contributed by atoms with E-state index in [2.05, 4.69) is 25.9 Å². The summed E-state index contributed by atoms with van der Waals surface area (Å²) in [5.41, 5.74) is 2.39. The van der Waals surface area contributed by atoms with Crippen molar-refractivity contribution in [2.24, 2.45) is 0 Å². The highest BCUT2D eigenvalue weighted by Gasteiger charge is 2.08. The third-order valence-corrected chi connectivity index (χ3v) is 4.07. The van der Waals surface area contributed by atoms with Gasteiger partial charge in [0.25, 0.3) is 0 Å². The van der Waals surface area contributed by atoms with E-state index in [1.54, 1.807) is 6.26 Å². The van der Waals surface area contributed by atoms with Gasteiger partial charge in [0.05, 0.1) is 18.3 Å². The summed E-state index contributed by atoms with van der Waals surface area (Å²) in [7, 11) is 0. The molecule has 0 aliphatic heterocycles. The molecule has 0 fully saturated rings. The number of rotatable bonds is 6. The van der Waals surface area contributed by atoms with Gasteiger partial charge >= 0.3 is 0 Å². The molecule has 0 aliphatic carbocycles. The molecule has 7 heteroatoms. The summed E-state index contributed by atoms with van der Waals surface area (Å²) in [6, 6.07) is 18.9. The first-order valence-corrected chi connectivity index (χ1v) is 8.85. The van der Waals surface area contributed by atoms with Crippen LogP contribution in [0.2, 0.25) is 0 Å². The molecule has 0 saturated heterocycles. The third kappa shape index (κ3) is 4.09. The number of hydrogen-bond acceptors (Lipinski definition) is 6. The monoisotopic (exact) mass is 373 g/mol. The molecule has 3 N–H and O–H groups in total. The van der Waals surface area contributed by atoms with Crippen LogP contribution >= 0.6 is 0 Å². The molecule has 0 bridgehead atoms. The van der Waals surface area contributed by atoms with E-state index in [9.17, 15) is 4.79 Å². The second-order valence-electron chi connectivity index (χ2n) is 6.23. The zero-order valence-corrected chi connectivity index (χ0v) is 15.3. The average molecular weight is 373 g/mol. The summed E-state index contributed by atoms with van der Waals surface area (Å²) in [4.78, 5) is 20.4. The van der Waals surface area contributed by atoms with Crippen molar-refractivity contribution in [2.45, 2.75) is 13.5 Å². The zero-order chi connectivity index (χ0) is 19.3. The van der Waals surface area contributed by atoms with Gasteiger partial charge < -0.3 is 20.4 Å². The maximum atomic E-state index is 11.1. The number of para-hydroxylation sites is 1.